The average molecular weight is 277 g/mol. The summed E-state index contributed by atoms with van der Waals surface area (Å²) >= 11 is 0. The minimum atomic E-state index is -0.261. The van der Waals surface area contributed by atoms with Gasteiger partial charge in [0.2, 0.25) is 0 Å². The molecule has 1 aromatic rings. The fraction of sp³-hybridized carbons (Fsp3) is 0.467. The van der Waals surface area contributed by atoms with Crippen LogP contribution in [0.5, 0.6) is 0 Å². The molecule has 0 heterocycles. The van der Waals surface area contributed by atoms with Crippen LogP contribution >= 0.6 is 0 Å². The summed E-state index contributed by atoms with van der Waals surface area (Å²) in [5.41, 5.74) is 2.06. The van der Waals surface area contributed by atoms with E-state index in [1.807, 2.05) is 33.8 Å². The van der Waals surface area contributed by atoms with E-state index in [-0.39, 0.29) is 18.0 Å². The van der Waals surface area contributed by atoms with E-state index >= 15 is 0 Å². The largest absolute Gasteiger partial charge is 0.355 e. The molecule has 0 radical (unpaired) electrons. The molecule has 5 heteroatoms. The predicted octanol–water partition coefficient (Wildman–Crippen LogP) is 2.52. The lowest BCUT2D eigenvalue weighted by Crippen LogP contribution is -2.39. The summed E-state index contributed by atoms with van der Waals surface area (Å²) in [6.45, 7) is 7.93. The van der Waals surface area contributed by atoms with Gasteiger partial charge in [-0.05, 0) is 37.5 Å². The van der Waals surface area contributed by atoms with Crippen molar-refractivity contribution in [3.63, 3.8) is 0 Å². The third kappa shape index (κ3) is 4.26. The number of hydrogen-bond acceptors (Lipinski definition) is 2. The Morgan fingerprint density at radius 3 is 2.35 bits per heavy atom. The third-order valence-corrected chi connectivity index (χ3v) is 3.33. The second-order valence-electron chi connectivity index (χ2n) is 5.24. The standard InChI is InChI=1S/C15H23N3O2/c1-9(2)11(4)17-15(20)18-13-8-12(14(19)16-5)7-6-10(13)3/h6-9,11H,1-5H3,(H,16,19)(H2,17,18,20). The van der Waals surface area contributed by atoms with Crippen LogP contribution < -0.4 is 16.0 Å². The van der Waals surface area contributed by atoms with Gasteiger partial charge in [-0.1, -0.05) is 19.9 Å². The van der Waals surface area contributed by atoms with E-state index in [0.717, 1.165) is 5.56 Å². The lowest BCUT2D eigenvalue weighted by Gasteiger charge is -2.18. The Morgan fingerprint density at radius 2 is 1.80 bits per heavy atom. The topological polar surface area (TPSA) is 70.2 Å². The van der Waals surface area contributed by atoms with Crippen LogP contribution in [0, 0.1) is 12.8 Å². The molecule has 3 N–H and O–H groups in total. The Hall–Kier alpha value is -2.04. The predicted molar refractivity (Wildman–Crippen MR) is 81.0 cm³/mol. The Kier molecular flexibility index (Phi) is 5.55. The normalized spacial score (nSPS) is 11.9. The molecule has 1 aromatic carbocycles. The van der Waals surface area contributed by atoms with Crippen molar-refractivity contribution in [2.75, 3.05) is 12.4 Å². The number of nitrogens with one attached hydrogen (secondary N) is 3. The Labute approximate surface area is 120 Å². The highest BCUT2D eigenvalue weighted by Crippen LogP contribution is 2.17. The van der Waals surface area contributed by atoms with Gasteiger partial charge in [0.25, 0.3) is 5.91 Å². The van der Waals surface area contributed by atoms with Crippen molar-refractivity contribution in [1.29, 1.82) is 0 Å². The molecule has 110 valence electrons. The molecule has 0 aromatic heterocycles. The van der Waals surface area contributed by atoms with Gasteiger partial charge < -0.3 is 16.0 Å². The smallest absolute Gasteiger partial charge is 0.319 e. The monoisotopic (exact) mass is 277 g/mol. The molecule has 1 rings (SSSR count). The van der Waals surface area contributed by atoms with Crippen LogP contribution in [0.15, 0.2) is 18.2 Å². The summed E-state index contributed by atoms with van der Waals surface area (Å²) in [7, 11) is 1.58. The van der Waals surface area contributed by atoms with Crippen molar-refractivity contribution in [1.82, 2.24) is 10.6 Å². The van der Waals surface area contributed by atoms with Crippen LogP contribution in [0.3, 0.4) is 0 Å². The summed E-state index contributed by atoms with van der Waals surface area (Å²) in [4.78, 5) is 23.5. The number of aryl methyl sites for hydroxylation is 1. The molecule has 20 heavy (non-hydrogen) atoms. The highest BCUT2D eigenvalue weighted by molar-refractivity contribution is 5.97. The van der Waals surface area contributed by atoms with Crippen molar-refractivity contribution in [2.45, 2.75) is 33.7 Å². The molecule has 0 aliphatic rings. The zero-order chi connectivity index (χ0) is 15.3. The minimum Gasteiger partial charge on any atom is -0.355 e. The summed E-state index contributed by atoms with van der Waals surface area (Å²) < 4.78 is 0. The van der Waals surface area contributed by atoms with Gasteiger partial charge in [-0.3, -0.25) is 4.79 Å². The van der Waals surface area contributed by atoms with Gasteiger partial charge in [-0.2, -0.15) is 0 Å². The Bertz CT molecular complexity index is 498. The molecular weight excluding hydrogens is 254 g/mol. The fourth-order valence-electron chi connectivity index (χ4n) is 1.57. The van der Waals surface area contributed by atoms with E-state index in [1.165, 1.54) is 0 Å². The molecule has 0 saturated heterocycles. The number of anilines is 1. The van der Waals surface area contributed by atoms with Gasteiger partial charge in [-0.25, -0.2) is 4.79 Å². The second-order valence-corrected chi connectivity index (χ2v) is 5.24. The molecule has 0 saturated carbocycles. The van der Waals surface area contributed by atoms with E-state index in [9.17, 15) is 9.59 Å². The quantitative estimate of drug-likeness (QED) is 0.791. The molecule has 0 aliphatic heterocycles. The number of amides is 3. The minimum absolute atomic E-state index is 0.0810. The van der Waals surface area contributed by atoms with E-state index in [0.29, 0.717) is 17.2 Å². The lowest BCUT2D eigenvalue weighted by atomic mass is 10.1. The molecule has 3 amide bonds. The number of rotatable bonds is 4. The number of urea groups is 1. The SMILES string of the molecule is CNC(=O)c1ccc(C)c(NC(=O)NC(C)C(C)C)c1. The Morgan fingerprint density at radius 1 is 1.15 bits per heavy atom. The van der Waals surface area contributed by atoms with Gasteiger partial charge in [0.05, 0.1) is 0 Å². The van der Waals surface area contributed by atoms with Crippen LogP contribution in [-0.2, 0) is 0 Å². The third-order valence-electron chi connectivity index (χ3n) is 3.33. The van der Waals surface area contributed by atoms with E-state index in [4.69, 9.17) is 0 Å². The maximum atomic E-state index is 11.9. The van der Waals surface area contributed by atoms with Crippen LogP contribution in [0.25, 0.3) is 0 Å². The first-order chi connectivity index (χ1) is 9.35. The molecule has 0 bridgehead atoms. The van der Waals surface area contributed by atoms with Crippen LogP contribution in [0.2, 0.25) is 0 Å². The maximum absolute atomic E-state index is 11.9. The first kappa shape index (κ1) is 16.0. The highest BCUT2D eigenvalue weighted by atomic mass is 16.2. The first-order valence-corrected chi connectivity index (χ1v) is 6.75. The molecule has 1 atom stereocenters. The van der Waals surface area contributed by atoms with Gasteiger partial charge >= 0.3 is 6.03 Å². The Balaban J connectivity index is 2.81. The fourth-order valence-corrected chi connectivity index (χ4v) is 1.57. The van der Waals surface area contributed by atoms with Gasteiger partial charge in [-0.15, -0.1) is 0 Å². The average Bonchev–Trinajstić information content (AvgIpc) is 2.40. The van der Waals surface area contributed by atoms with Crippen LogP contribution in [0.1, 0.15) is 36.7 Å². The summed E-state index contributed by atoms with van der Waals surface area (Å²) in [6, 6.07) is 5.04. The van der Waals surface area contributed by atoms with Crippen molar-refractivity contribution in [2.24, 2.45) is 5.92 Å². The van der Waals surface area contributed by atoms with E-state index < -0.39 is 0 Å². The number of hydrogen-bond donors (Lipinski definition) is 3. The van der Waals surface area contributed by atoms with Crippen molar-refractivity contribution in [3.8, 4) is 0 Å². The molecular formula is C15H23N3O2. The molecule has 5 nitrogen and oxygen atoms in total. The highest BCUT2D eigenvalue weighted by Gasteiger charge is 2.12. The van der Waals surface area contributed by atoms with Crippen molar-refractivity contribution >= 4 is 17.6 Å². The van der Waals surface area contributed by atoms with E-state index in [2.05, 4.69) is 16.0 Å². The molecule has 0 fully saturated rings. The van der Waals surface area contributed by atoms with Crippen LogP contribution in [0.4, 0.5) is 10.5 Å². The molecule has 0 spiro atoms. The summed E-state index contributed by atoms with van der Waals surface area (Å²) in [5, 5.41) is 8.21. The number of benzene rings is 1. The second kappa shape index (κ2) is 6.93. The van der Waals surface area contributed by atoms with Crippen molar-refractivity contribution in [3.05, 3.63) is 29.3 Å². The van der Waals surface area contributed by atoms with Gasteiger partial charge in [0.15, 0.2) is 0 Å². The van der Waals surface area contributed by atoms with Crippen LogP contribution in [-0.4, -0.2) is 25.0 Å². The number of carbonyl (C=O) groups excluding carboxylic acids is 2. The summed E-state index contributed by atoms with van der Waals surface area (Å²) in [6.07, 6.45) is 0. The zero-order valence-corrected chi connectivity index (χ0v) is 12.7. The molecule has 1 unspecified atom stereocenters. The zero-order valence-electron chi connectivity index (χ0n) is 12.7. The maximum Gasteiger partial charge on any atom is 0.319 e. The number of carbonyl (C=O) groups is 2. The van der Waals surface area contributed by atoms with E-state index in [1.54, 1.807) is 19.2 Å². The summed E-state index contributed by atoms with van der Waals surface area (Å²) in [5.74, 6) is 0.183. The van der Waals surface area contributed by atoms with Gasteiger partial charge in [0.1, 0.15) is 0 Å². The van der Waals surface area contributed by atoms with Gasteiger partial charge in [0, 0.05) is 24.3 Å². The first-order valence-electron chi connectivity index (χ1n) is 6.75. The van der Waals surface area contributed by atoms with Crippen molar-refractivity contribution < 1.29 is 9.59 Å². The molecule has 0 aliphatic carbocycles. The lowest BCUT2D eigenvalue weighted by molar-refractivity contribution is 0.0963.